The van der Waals surface area contributed by atoms with Crippen LogP contribution in [0.25, 0.3) is 6.08 Å². The van der Waals surface area contributed by atoms with E-state index in [0.717, 1.165) is 5.56 Å². The fraction of sp³-hybridized carbons (Fsp3) is 0.231. The molecule has 3 N–H and O–H groups in total. The lowest BCUT2D eigenvalue weighted by Gasteiger charge is -2.16. The predicted octanol–water partition coefficient (Wildman–Crippen LogP) is 0.768. The first-order valence-electron chi connectivity index (χ1n) is 5.34. The van der Waals surface area contributed by atoms with Crippen LogP contribution in [0.1, 0.15) is 23.7 Å². The average molecular weight is 250 g/mol. The Morgan fingerprint density at radius 3 is 2.33 bits per heavy atom. The molecule has 0 fully saturated rings. The van der Waals surface area contributed by atoms with E-state index in [1.165, 1.54) is 6.08 Å². The Kier molecular flexibility index (Phi) is 5.23. The molecule has 96 valence electrons. The maximum absolute atomic E-state index is 10.4. The van der Waals surface area contributed by atoms with E-state index in [0.29, 0.717) is 11.8 Å². The van der Waals surface area contributed by atoms with Gasteiger partial charge < -0.3 is 15.3 Å². The maximum Gasteiger partial charge on any atom is 0.306 e. The summed E-state index contributed by atoms with van der Waals surface area (Å²) in [6.45, 7) is 0. The van der Waals surface area contributed by atoms with E-state index in [1.54, 1.807) is 30.3 Å². The Hall–Kier alpha value is -1.98. The third-order valence-electron chi connectivity index (χ3n) is 2.39. The molecule has 0 spiro atoms. The average Bonchev–Trinajstić information content (AvgIpc) is 2.35. The van der Waals surface area contributed by atoms with Gasteiger partial charge in [-0.15, -0.1) is 0 Å². The number of carboxylic acids is 1. The van der Waals surface area contributed by atoms with E-state index in [9.17, 15) is 19.8 Å². The number of aliphatic carboxylic acids is 1. The van der Waals surface area contributed by atoms with Gasteiger partial charge in [0.2, 0.25) is 0 Å². The van der Waals surface area contributed by atoms with Crippen molar-refractivity contribution >= 4 is 18.3 Å². The number of carbonyl (C=O) groups excluding carboxylic acids is 1. The lowest BCUT2D eigenvalue weighted by molar-refractivity contribution is -0.141. The molecule has 5 heteroatoms. The number of benzene rings is 1. The van der Waals surface area contributed by atoms with Gasteiger partial charge in [-0.3, -0.25) is 9.59 Å². The Balaban J connectivity index is 2.74. The van der Waals surface area contributed by atoms with Crippen LogP contribution >= 0.6 is 0 Å². The SMILES string of the molecule is O=C/C=C/c1ccc(C(O)C(O)CC(=O)O)cc1. The quantitative estimate of drug-likeness (QED) is 0.512. The number of hydrogen-bond acceptors (Lipinski definition) is 4. The van der Waals surface area contributed by atoms with Crippen LogP contribution in [0, 0.1) is 0 Å². The van der Waals surface area contributed by atoms with Gasteiger partial charge >= 0.3 is 5.97 Å². The minimum Gasteiger partial charge on any atom is -0.481 e. The number of allylic oxidation sites excluding steroid dienone is 1. The molecule has 1 aromatic rings. The van der Waals surface area contributed by atoms with E-state index in [2.05, 4.69) is 0 Å². The summed E-state index contributed by atoms with van der Waals surface area (Å²) in [6.07, 6.45) is 0.471. The highest BCUT2D eigenvalue weighted by molar-refractivity contribution is 5.73. The Bertz CT molecular complexity index is 435. The van der Waals surface area contributed by atoms with Crippen molar-refractivity contribution in [3.8, 4) is 0 Å². The van der Waals surface area contributed by atoms with Gasteiger partial charge in [-0.1, -0.05) is 30.3 Å². The molecule has 5 nitrogen and oxygen atoms in total. The molecule has 1 aromatic carbocycles. The highest BCUT2D eigenvalue weighted by Crippen LogP contribution is 2.19. The van der Waals surface area contributed by atoms with Crippen LogP contribution in [-0.2, 0) is 9.59 Å². The van der Waals surface area contributed by atoms with Crippen molar-refractivity contribution in [3.05, 3.63) is 41.5 Å². The number of aldehydes is 1. The molecule has 2 unspecified atom stereocenters. The summed E-state index contributed by atoms with van der Waals surface area (Å²) in [7, 11) is 0. The van der Waals surface area contributed by atoms with Crippen LogP contribution in [0.5, 0.6) is 0 Å². The molecule has 0 saturated carbocycles. The number of rotatable bonds is 6. The standard InChI is InChI=1S/C13H14O5/c14-7-1-2-9-3-5-10(6-4-9)13(18)11(15)8-12(16)17/h1-7,11,13,15,18H,8H2,(H,16,17)/b2-1+. The van der Waals surface area contributed by atoms with Crippen molar-refractivity contribution in [2.24, 2.45) is 0 Å². The van der Waals surface area contributed by atoms with Gasteiger partial charge in [0, 0.05) is 0 Å². The Labute approximate surface area is 104 Å². The van der Waals surface area contributed by atoms with E-state index >= 15 is 0 Å². The fourth-order valence-corrected chi connectivity index (χ4v) is 1.47. The molecular weight excluding hydrogens is 236 g/mol. The number of hydrogen-bond donors (Lipinski definition) is 3. The normalized spacial score (nSPS) is 14.3. The Morgan fingerprint density at radius 1 is 1.22 bits per heavy atom. The zero-order valence-electron chi connectivity index (χ0n) is 9.56. The predicted molar refractivity (Wildman–Crippen MR) is 64.8 cm³/mol. The summed E-state index contributed by atoms with van der Waals surface area (Å²) >= 11 is 0. The fourth-order valence-electron chi connectivity index (χ4n) is 1.47. The van der Waals surface area contributed by atoms with Crippen LogP contribution in [0.4, 0.5) is 0 Å². The lowest BCUT2D eigenvalue weighted by atomic mass is 10.0. The third kappa shape index (κ3) is 4.12. The first-order valence-corrected chi connectivity index (χ1v) is 5.34. The van der Waals surface area contributed by atoms with Crippen molar-refractivity contribution in [2.45, 2.75) is 18.6 Å². The van der Waals surface area contributed by atoms with E-state index in [1.807, 2.05) is 0 Å². The van der Waals surface area contributed by atoms with Crippen LogP contribution < -0.4 is 0 Å². The van der Waals surface area contributed by atoms with Gasteiger partial charge in [0.1, 0.15) is 12.4 Å². The summed E-state index contributed by atoms with van der Waals surface area (Å²) in [5.41, 5.74) is 1.19. The minimum absolute atomic E-state index is 0.423. The van der Waals surface area contributed by atoms with Crippen molar-refractivity contribution in [2.75, 3.05) is 0 Å². The van der Waals surface area contributed by atoms with Crippen LogP contribution in [-0.4, -0.2) is 33.7 Å². The molecule has 0 heterocycles. The molecule has 1 rings (SSSR count). The van der Waals surface area contributed by atoms with E-state index < -0.39 is 24.6 Å². The highest BCUT2D eigenvalue weighted by atomic mass is 16.4. The van der Waals surface area contributed by atoms with Crippen LogP contribution in [0.3, 0.4) is 0 Å². The van der Waals surface area contributed by atoms with Crippen molar-refractivity contribution in [1.29, 1.82) is 0 Å². The van der Waals surface area contributed by atoms with Gasteiger partial charge in [0.05, 0.1) is 12.5 Å². The molecule has 2 atom stereocenters. The second kappa shape index (κ2) is 6.68. The summed E-state index contributed by atoms with van der Waals surface area (Å²) in [4.78, 5) is 20.5. The van der Waals surface area contributed by atoms with Gasteiger partial charge in [0.25, 0.3) is 0 Å². The first kappa shape index (κ1) is 14.1. The second-order valence-electron chi connectivity index (χ2n) is 3.77. The van der Waals surface area contributed by atoms with Crippen LogP contribution in [0.15, 0.2) is 30.3 Å². The number of aliphatic hydroxyl groups is 2. The minimum atomic E-state index is -1.35. The van der Waals surface area contributed by atoms with E-state index in [-0.39, 0.29) is 0 Å². The molecule has 0 aliphatic rings. The Morgan fingerprint density at radius 2 is 1.83 bits per heavy atom. The molecule has 0 amide bonds. The highest BCUT2D eigenvalue weighted by Gasteiger charge is 2.20. The molecule has 18 heavy (non-hydrogen) atoms. The van der Waals surface area contributed by atoms with Gasteiger partial charge in [0.15, 0.2) is 0 Å². The smallest absolute Gasteiger partial charge is 0.306 e. The first-order chi connectivity index (χ1) is 8.54. The van der Waals surface area contributed by atoms with Gasteiger partial charge in [-0.2, -0.15) is 0 Å². The largest absolute Gasteiger partial charge is 0.481 e. The van der Waals surface area contributed by atoms with Crippen LogP contribution in [0.2, 0.25) is 0 Å². The molecule has 0 radical (unpaired) electrons. The summed E-state index contributed by atoms with van der Waals surface area (Å²) in [5, 5.41) is 27.7. The molecule has 0 saturated heterocycles. The monoisotopic (exact) mass is 250 g/mol. The maximum atomic E-state index is 10.4. The van der Waals surface area contributed by atoms with Gasteiger partial charge in [-0.25, -0.2) is 0 Å². The van der Waals surface area contributed by atoms with Crippen molar-refractivity contribution in [1.82, 2.24) is 0 Å². The second-order valence-corrected chi connectivity index (χ2v) is 3.77. The van der Waals surface area contributed by atoms with Crippen molar-refractivity contribution < 1.29 is 24.9 Å². The summed E-state index contributed by atoms with van der Waals surface area (Å²) in [5.74, 6) is -1.17. The molecule has 0 aliphatic heterocycles. The number of aliphatic hydroxyl groups excluding tert-OH is 2. The summed E-state index contributed by atoms with van der Waals surface area (Å²) in [6, 6.07) is 6.46. The van der Waals surface area contributed by atoms with E-state index in [4.69, 9.17) is 5.11 Å². The number of carboxylic acid groups (broad SMARTS) is 1. The topological polar surface area (TPSA) is 94.8 Å². The number of carbonyl (C=O) groups is 2. The molecular formula is C13H14O5. The molecule has 0 aliphatic carbocycles. The molecule has 0 aromatic heterocycles. The molecule has 0 bridgehead atoms. The summed E-state index contributed by atoms with van der Waals surface area (Å²) < 4.78 is 0. The third-order valence-corrected chi connectivity index (χ3v) is 2.39. The zero-order valence-corrected chi connectivity index (χ0v) is 9.56. The van der Waals surface area contributed by atoms with Crippen molar-refractivity contribution in [3.63, 3.8) is 0 Å². The lowest BCUT2D eigenvalue weighted by Crippen LogP contribution is -2.21. The zero-order chi connectivity index (χ0) is 13.5. The van der Waals surface area contributed by atoms with Gasteiger partial charge in [-0.05, 0) is 17.2 Å².